The summed E-state index contributed by atoms with van der Waals surface area (Å²) >= 11 is 6.25. The van der Waals surface area contributed by atoms with Crippen LogP contribution in [0.25, 0.3) is 21.8 Å². The summed E-state index contributed by atoms with van der Waals surface area (Å²) in [6, 6.07) is 14.2. The maximum Gasteiger partial charge on any atom is 0.171 e. The second kappa shape index (κ2) is 7.98. The topological polar surface area (TPSA) is 59.2 Å². The van der Waals surface area contributed by atoms with Crippen molar-refractivity contribution in [1.29, 1.82) is 0 Å². The summed E-state index contributed by atoms with van der Waals surface area (Å²) in [6.45, 7) is 4.29. The van der Waals surface area contributed by atoms with Crippen LogP contribution in [0.5, 0.6) is 11.5 Å². The Kier molecular flexibility index (Phi) is 4.96. The van der Waals surface area contributed by atoms with Crippen molar-refractivity contribution in [3.8, 4) is 11.5 Å². The van der Waals surface area contributed by atoms with Crippen molar-refractivity contribution in [2.75, 3.05) is 19.7 Å². The largest absolute Gasteiger partial charge is 0.486 e. The maximum atomic E-state index is 6.34. The smallest absolute Gasteiger partial charge is 0.171 e. The second-order valence-electron chi connectivity index (χ2n) is 9.00. The van der Waals surface area contributed by atoms with Crippen molar-refractivity contribution in [1.82, 2.24) is 15.3 Å². The maximum absolute atomic E-state index is 6.34. The van der Waals surface area contributed by atoms with Crippen LogP contribution < -0.4 is 14.8 Å². The lowest BCUT2D eigenvalue weighted by atomic mass is 9.86. The third-order valence-electron chi connectivity index (χ3n) is 6.69. The lowest BCUT2D eigenvalue weighted by molar-refractivity contribution is 0.0915. The summed E-state index contributed by atoms with van der Waals surface area (Å²) < 4.78 is 12.3. The van der Waals surface area contributed by atoms with Crippen LogP contribution in [-0.4, -0.2) is 35.8 Å². The van der Waals surface area contributed by atoms with Crippen molar-refractivity contribution < 1.29 is 9.47 Å². The minimum Gasteiger partial charge on any atom is -0.486 e. The van der Waals surface area contributed by atoms with Gasteiger partial charge in [-0.25, -0.2) is 0 Å². The van der Waals surface area contributed by atoms with Gasteiger partial charge in [0.1, 0.15) is 12.7 Å². The predicted molar refractivity (Wildman–Crippen MR) is 128 cm³/mol. The molecular formula is C26H26ClN3O2. The van der Waals surface area contributed by atoms with Gasteiger partial charge in [-0.15, -0.1) is 0 Å². The van der Waals surface area contributed by atoms with E-state index in [1.165, 1.54) is 28.6 Å². The summed E-state index contributed by atoms with van der Waals surface area (Å²) in [5, 5.41) is 6.72. The van der Waals surface area contributed by atoms with E-state index >= 15 is 0 Å². The van der Waals surface area contributed by atoms with Crippen LogP contribution in [0.4, 0.5) is 0 Å². The van der Waals surface area contributed by atoms with Crippen LogP contribution in [0, 0.1) is 12.8 Å². The number of H-pyrrole nitrogens is 1. The van der Waals surface area contributed by atoms with Gasteiger partial charge >= 0.3 is 0 Å². The molecule has 0 fully saturated rings. The van der Waals surface area contributed by atoms with Gasteiger partial charge in [0.05, 0.1) is 5.52 Å². The van der Waals surface area contributed by atoms with Crippen molar-refractivity contribution in [2.45, 2.75) is 32.3 Å². The van der Waals surface area contributed by atoms with Gasteiger partial charge in [-0.1, -0.05) is 11.6 Å². The normalized spacial score (nSPS) is 19.9. The van der Waals surface area contributed by atoms with E-state index in [0.717, 1.165) is 59.0 Å². The third-order valence-corrected chi connectivity index (χ3v) is 6.93. The van der Waals surface area contributed by atoms with Gasteiger partial charge in [0.15, 0.2) is 11.5 Å². The first-order valence-electron chi connectivity index (χ1n) is 11.3. The van der Waals surface area contributed by atoms with Crippen LogP contribution in [-0.2, 0) is 12.8 Å². The highest BCUT2D eigenvalue weighted by Gasteiger charge is 2.25. The summed E-state index contributed by atoms with van der Waals surface area (Å²) in [6.07, 6.45) is 3.33. The Labute approximate surface area is 192 Å². The van der Waals surface area contributed by atoms with Gasteiger partial charge < -0.3 is 19.8 Å². The van der Waals surface area contributed by atoms with Gasteiger partial charge in [0, 0.05) is 39.2 Å². The fourth-order valence-electron chi connectivity index (χ4n) is 5.06. The van der Waals surface area contributed by atoms with E-state index in [1.54, 1.807) is 0 Å². The number of benzene rings is 2. The first kappa shape index (κ1) is 19.9. The minimum atomic E-state index is -0.0135. The van der Waals surface area contributed by atoms with Crippen LogP contribution in [0.1, 0.15) is 23.4 Å². The average Bonchev–Trinajstić information content (AvgIpc) is 3.16. The lowest BCUT2D eigenvalue weighted by Crippen LogP contribution is -2.40. The Morgan fingerprint density at radius 1 is 1.12 bits per heavy atom. The van der Waals surface area contributed by atoms with Gasteiger partial charge in [-0.3, -0.25) is 4.98 Å². The zero-order valence-electron chi connectivity index (χ0n) is 18.1. The SMILES string of the molecule is Cc1ccc2c3c(ccc2n1)OC[C@H](CNCC1CCc2[nH]c4ccc(Cl)cc4c2C1)O3. The van der Waals surface area contributed by atoms with E-state index in [0.29, 0.717) is 12.5 Å². The van der Waals surface area contributed by atoms with Crippen molar-refractivity contribution in [2.24, 2.45) is 5.92 Å². The summed E-state index contributed by atoms with van der Waals surface area (Å²) in [4.78, 5) is 8.19. The number of hydrogen-bond donors (Lipinski definition) is 2. The molecule has 164 valence electrons. The molecule has 0 spiro atoms. The number of ether oxygens (including phenoxy) is 2. The Bertz CT molecular complexity index is 1320. The zero-order chi connectivity index (χ0) is 21.7. The molecule has 0 radical (unpaired) electrons. The summed E-state index contributed by atoms with van der Waals surface area (Å²) in [5.41, 5.74) is 5.94. The molecule has 32 heavy (non-hydrogen) atoms. The van der Waals surface area contributed by atoms with Gasteiger partial charge in [0.25, 0.3) is 0 Å². The molecular weight excluding hydrogens is 422 g/mol. The number of rotatable bonds is 4. The Morgan fingerprint density at radius 3 is 3.00 bits per heavy atom. The fourth-order valence-corrected chi connectivity index (χ4v) is 5.23. The first-order valence-corrected chi connectivity index (χ1v) is 11.7. The molecule has 2 N–H and O–H groups in total. The zero-order valence-corrected chi connectivity index (χ0v) is 18.8. The first-order chi connectivity index (χ1) is 15.6. The molecule has 1 aliphatic carbocycles. The van der Waals surface area contributed by atoms with Crippen molar-refractivity contribution in [3.63, 3.8) is 0 Å². The van der Waals surface area contributed by atoms with Crippen LogP contribution >= 0.6 is 11.6 Å². The van der Waals surface area contributed by atoms with E-state index in [9.17, 15) is 0 Å². The number of halogens is 1. The predicted octanol–water partition coefficient (Wildman–Crippen LogP) is 5.21. The number of aromatic nitrogens is 2. The second-order valence-corrected chi connectivity index (χ2v) is 9.44. The molecule has 0 saturated carbocycles. The van der Waals surface area contributed by atoms with E-state index in [4.69, 9.17) is 21.1 Å². The molecule has 5 nitrogen and oxygen atoms in total. The number of nitrogens with zero attached hydrogens (tertiary/aromatic N) is 1. The molecule has 6 rings (SSSR count). The highest BCUT2D eigenvalue weighted by Crippen LogP contribution is 2.38. The number of aryl methyl sites for hydroxylation is 2. The van der Waals surface area contributed by atoms with Crippen molar-refractivity contribution in [3.05, 3.63) is 64.4 Å². The van der Waals surface area contributed by atoms with Crippen LogP contribution in [0.3, 0.4) is 0 Å². The third kappa shape index (κ3) is 3.59. The summed E-state index contributed by atoms with van der Waals surface area (Å²) in [7, 11) is 0. The number of nitrogens with one attached hydrogen (secondary N) is 2. The molecule has 2 aromatic carbocycles. The van der Waals surface area contributed by atoms with Gasteiger partial charge in [0.2, 0.25) is 0 Å². The number of fused-ring (bicyclic) bond motifs is 6. The van der Waals surface area contributed by atoms with Gasteiger partial charge in [-0.05, 0) is 86.7 Å². The molecule has 0 bridgehead atoms. The average molecular weight is 448 g/mol. The van der Waals surface area contributed by atoms with E-state index in [1.807, 2.05) is 31.2 Å². The molecule has 6 heteroatoms. The molecule has 2 aromatic heterocycles. The molecule has 1 unspecified atom stereocenters. The standard InChI is InChI=1S/C26H26ClN3O2/c1-15-2-5-19-22(29-15)8-9-25-26(19)32-18(14-31-25)13-28-12-16-3-6-23-20(10-16)21-11-17(27)4-7-24(21)30-23/h2,4-5,7-9,11,16,18,28,30H,3,6,10,12-14H2,1H3/t16?,18-/m0/s1. The quantitative estimate of drug-likeness (QED) is 0.450. The molecule has 3 heterocycles. The Morgan fingerprint density at radius 2 is 2.06 bits per heavy atom. The number of aromatic amines is 1. The molecule has 2 aliphatic rings. The molecule has 0 amide bonds. The lowest BCUT2D eigenvalue weighted by Gasteiger charge is -2.29. The monoisotopic (exact) mass is 447 g/mol. The van der Waals surface area contributed by atoms with Crippen LogP contribution in [0.15, 0.2) is 42.5 Å². The number of hydrogen-bond acceptors (Lipinski definition) is 4. The fraction of sp³-hybridized carbons (Fsp3) is 0.346. The van der Waals surface area contributed by atoms with E-state index in [2.05, 4.69) is 33.5 Å². The molecule has 0 saturated heterocycles. The minimum absolute atomic E-state index is 0.0135. The Balaban J connectivity index is 1.10. The number of pyridine rings is 1. The van der Waals surface area contributed by atoms with Crippen molar-refractivity contribution >= 4 is 33.4 Å². The Hall–Kier alpha value is -2.76. The van der Waals surface area contributed by atoms with Crippen LogP contribution in [0.2, 0.25) is 5.02 Å². The molecule has 1 aliphatic heterocycles. The summed E-state index contributed by atoms with van der Waals surface area (Å²) in [5.74, 6) is 2.22. The van der Waals surface area contributed by atoms with E-state index < -0.39 is 0 Å². The van der Waals surface area contributed by atoms with E-state index in [-0.39, 0.29) is 6.10 Å². The van der Waals surface area contributed by atoms with Gasteiger partial charge in [-0.2, -0.15) is 0 Å². The molecule has 2 atom stereocenters. The highest BCUT2D eigenvalue weighted by atomic mass is 35.5. The molecule has 4 aromatic rings. The highest BCUT2D eigenvalue weighted by molar-refractivity contribution is 6.31.